The molecule has 1 amide bonds. The Morgan fingerprint density at radius 2 is 2.38 bits per heavy atom. The summed E-state index contributed by atoms with van der Waals surface area (Å²) >= 11 is 1.96. The SMILES string of the molecule is Cc1cc(C(=O)NCC2CCSC2)ccc1C#CCCO. The molecule has 1 heterocycles. The van der Waals surface area contributed by atoms with Crippen molar-refractivity contribution >= 4 is 17.7 Å². The maximum absolute atomic E-state index is 12.1. The van der Waals surface area contributed by atoms with Gasteiger partial charge in [0, 0.05) is 24.1 Å². The molecule has 0 aliphatic carbocycles. The molecule has 4 heteroatoms. The fourth-order valence-electron chi connectivity index (χ4n) is 2.24. The Bertz CT molecular complexity index is 554. The summed E-state index contributed by atoms with van der Waals surface area (Å²) in [7, 11) is 0. The zero-order chi connectivity index (χ0) is 15.1. The lowest BCUT2D eigenvalue weighted by molar-refractivity contribution is 0.0948. The first-order valence-corrected chi connectivity index (χ1v) is 8.42. The molecule has 0 saturated carbocycles. The van der Waals surface area contributed by atoms with Crippen LogP contribution < -0.4 is 5.32 Å². The number of carbonyl (C=O) groups excluding carboxylic acids is 1. The maximum atomic E-state index is 12.1. The highest BCUT2D eigenvalue weighted by Crippen LogP contribution is 2.22. The molecule has 21 heavy (non-hydrogen) atoms. The molecule has 112 valence electrons. The van der Waals surface area contributed by atoms with Gasteiger partial charge in [-0.05, 0) is 54.5 Å². The fraction of sp³-hybridized carbons (Fsp3) is 0.471. The summed E-state index contributed by atoms with van der Waals surface area (Å²) in [5.74, 6) is 8.88. The number of amides is 1. The van der Waals surface area contributed by atoms with Gasteiger partial charge in [0.15, 0.2) is 0 Å². The summed E-state index contributed by atoms with van der Waals surface area (Å²) < 4.78 is 0. The molecule has 1 aliphatic rings. The topological polar surface area (TPSA) is 49.3 Å². The molecular formula is C17H21NO2S. The van der Waals surface area contributed by atoms with Gasteiger partial charge < -0.3 is 10.4 Å². The van der Waals surface area contributed by atoms with Crippen molar-refractivity contribution in [3.63, 3.8) is 0 Å². The highest BCUT2D eigenvalue weighted by atomic mass is 32.2. The molecular weight excluding hydrogens is 282 g/mol. The second-order valence-electron chi connectivity index (χ2n) is 5.24. The molecule has 1 saturated heterocycles. The number of aryl methyl sites for hydroxylation is 1. The Morgan fingerprint density at radius 3 is 3.05 bits per heavy atom. The first-order valence-electron chi connectivity index (χ1n) is 7.27. The van der Waals surface area contributed by atoms with E-state index in [1.54, 1.807) is 0 Å². The summed E-state index contributed by atoms with van der Waals surface area (Å²) in [5.41, 5.74) is 2.59. The standard InChI is InChI=1S/C17H21NO2S/c1-13-10-16(6-5-15(13)4-2-3-8-19)17(20)18-11-14-7-9-21-12-14/h5-6,10,14,19H,3,7-9,11-12H2,1H3,(H,18,20). The number of carbonyl (C=O) groups is 1. The van der Waals surface area contributed by atoms with Crippen LogP contribution in [0.5, 0.6) is 0 Å². The van der Waals surface area contributed by atoms with Crippen LogP contribution in [0.2, 0.25) is 0 Å². The number of benzene rings is 1. The van der Waals surface area contributed by atoms with Crippen molar-refractivity contribution < 1.29 is 9.90 Å². The number of aliphatic hydroxyl groups is 1. The number of nitrogens with one attached hydrogen (secondary N) is 1. The van der Waals surface area contributed by atoms with E-state index in [1.807, 2.05) is 36.9 Å². The van der Waals surface area contributed by atoms with Crippen LogP contribution in [0.3, 0.4) is 0 Å². The molecule has 1 atom stereocenters. The third-order valence-electron chi connectivity index (χ3n) is 3.52. The van der Waals surface area contributed by atoms with Crippen LogP contribution >= 0.6 is 11.8 Å². The first kappa shape index (κ1) is 15.9. The molecule has 0 radical (unpaired) electrons. The van der Waals surface area contributed by atoms with Crippen LogP contribution in [0, 0.1) is 24.7 Å². The van der Waals surface area contributed by atoms with Gasteiger partial charge in [-0.15, -0.1) is 0 Å². The van der Waals surface area contributed by atoms with E-state index in [0.717, 1.165) is 23.4 Å². The number of rotatable bonds is 4. The van der Waals surface area contributed by atoms with E-state index in [9.17, 15) is 4.79 Å². The van der Waals surface area contributed by atoms with Gasteiger partial charge in [-0.2, -0.15) is 11.8 Å². The van der Waals surface area contributed by atoms with Crippen molar-refractivity contribution in [1.82, 2.24) is 5.32 Å². The lowest BCUT2D eigenvalue weighted by atomic mass is 10.0. The first-order chi connectivity index (χ1) is 10.2. The van der Waals surface area contributed by atoms with Gasteiger partial charge in [0.05, 0.1) is 6.61 Å². The average Bonchev–Trinajstić information content (AvgIpc) is 3.00. The quantitative estimate of drug-likeness (QED) is 0.839. The maximum Gasteiger partial charge on any atom is 0.251 e. The summed E-state index contributed by atoms with van der Waals surface area (Å²) in [4.78, 5) is 12.1. The van der Waals surface area contributed by atoms with E-state index in [1.165, 1.54) is 12.2 Å². The van der Waals surface area contributed by atoms with E-state index >= 15 is 0 Å². The average molecular weight is 303 g/mol. The molecule has 1 unspecified atom stereocenters. The molecule has 0 aromatic heterocycles. The van der Waals surface area contributed by atoms with Crippen LogP contribution in [0.15, 0.2) is 18.2 Å². The van der Waals surface area contributed by atoms with E-state index in [4.69, 9.17) is 5.11 Å². The van der Waals surface area contributed by atoms with Crippen molar-refractivity contribution in [2.24, 2.45) is 5.92 Å². The minimum atomic E-state index is -0.00938. The molecule has 1 aromatic rings. The minimum Gasteiger partial charge on any atom is -0.395 e. The summed E-state index contributed by atoms with van der Waals surface area (Å²) in [5, 5.41) is 11.7. The molecule has 2 N–H and O–H groups in total. The Morgan fingerprint density at radius 1 is 1.52 bits per heavy atom. The van der Waals surface area contributed by atoms with Gasteiger partial charge in [0.2, 0.25) is 0 Å². The third-order valence-corrected chi connectivity index (χ3v) is 4.76. The predicted molar refractivity (Wildman–Crippen MR) is 87.5 cm³/mol. The smallest absolute Gasteiger partial charge is 0.251 e. The van der Waals surface area contributed by atoms with Crippen molar-refractivity contribution in [3.8, 4) is 11.8 Å². The van der Waals surface area contributed by atoms with E-state index < -0.39 is 0 Å². The Labute approximate surface area is 130 Å². The molecule has 1 aliphatic heterocycles. The van der Waals surface area contributed by atoms with Crippen LogP contribution in [-0.4, -0.2) is 35.7 Å². The minimum absolute atomic E-state index is 0.00938. The van der Waals surface area contributed by atoms with Crippen molar-refractivity contribution in [2.45, 2.75) is 19.8 Å². The molecule has 0 bridgehead atoms. The van der Waals surface area contributed by atoms with E-state index in [-0.39, 0.29) is 12.5 Å². The van der Waals surface area contributed by atoms with Gasteiger partial charge in [-0.25, -0.2) is 0 Å². The van der Waals surface area contributed by atoms with Gasteiger partial charge in [-0.1, -0.05) is 11.8 Å². The summed E-state index contributed by atoms with van der Waals surface area (Å²) in [6.07, 6.45) is 1.67. The monoisotopic (exact) mass is 303 g/mol. The van der Waals surface area contributed by atoms with E-state index in [2.05, 4.69) is 17.2 Å². The second-order valence-corrected chi connectivity index (χ2v) is 6.39. The molecule has 1 fully saturated rings. The zero-order valence-corrected chi connectivity index (χ0v) is 13.1. The zero-order valence-electron chi connectivity index (χ0n) is 12.3. The largest absolute Gasteiger partial charge is 0.395 e. The number of hydrogen-bond donors (Lipinski definition) is 2. The third kappa shape index (κ3) is 4.80. The van der Waals surface area contributed by atoms with Crippen LogP contribution in [0.25, 0.3) is 0 Å². The Balaban J connectivity index is 1.95. The van der Waals surface area contributed by atoms with Gasteiger partial charge >= 0.3 is 0 Å². The lowest BCUT2D eigenvalue weighted by Gasteiger charge is -2.10. The number of aliphatic hydroxyl groups excluding tert-OH is 1. The Kier molecular flexibility index (Phi) is 6.16. The van der Waals surface area contributed by atoms with E-state index in [0.29, 0.717) is 17.9 Å². The molecule has 1 aromatic carbocycles. The van der Waals surface area contributed by atoms with Crippen LogP contribution in [-0.2, 0) is 0 Å². The molecule has 0 spiro atoms. The summed E-state index contributed by atoms with van der Waals surface area (Å²) in [6.45, 7) is 2.79. The highest BCUT2D eigenvalue weighted by Gasteiger charge is 2.16. The second kappa shape index (κ2) is 8.11. The normalized spacial score (nSPS) is 17.1. The lowest BCUT2D eigenvalue weighted by Crippen LogP contribution is -2.29. The van der Waals surface area contributed by atoms with Gasteiger partial charge in [0.25, 0.3) is 5.91 Å². The van der Waals surface area contributed by atoms with Crippen LogP contribution in [0.1, 0.15) is 34.3 Å². The van der Waals surface area contributed by atoms with Crippen molar-refractivity contribution in [2.75, 3.05) is 24.7 Å². The van der Waals surface area contributed by atoms with Gasteiger partial charge in [0.1, 0.15) is 0 Å². The molecule has 2 rings (SSSR count). The van der Waals surface area contributed by atoms with Crippen molar-refractivity contribution in [1.29, 1.82) is 0 Å². The Hall–Kier alpha value is -1.44. The molecule has 3 nitrogen and oxygen atoms in total. The summed E-state index contributed by atoms with van der Waals surface area (Å²) in [6, 6.07) is 5.57. The highest BCUT2D eigenvalue weighted by molar-refractivity contribution is 7.99. The fourth-order valence-corrected chi connectivity index (χ4v) is 3.53. The van der Waals surface area contributed by atoms with Crippen molar-refractivity contribution in [3.05, 3.63) is 34.9 Å². The van der Waals surface area contributed by atoms with Gasteiger partial charge in [-0.3, -0.25) is 4.79 Å². The van der Waals surface area contributed by atoms with Crippen LogP contribution in [0.4, 0.5) is 0 Å². The number of thioether (sulfide) groups is 1. The number of hydrogen-bond acceptors (Lipinski definition) is 3. The predicted octanol–water partition coefficient (Wildman–Crippen LogP) is 2.21.